The molecule has 2 aliphatic heterocycles. The number of nitrogens with one attached hydrogen (secondary N) is 1. The number of hydrogen-bond donors (Lipinski definition) is 2. The first kappa shape index (κ1) is 14.8. The molecular formula is C16H26N2O3. The van der Waals surface area contributed by atoms with Crippen LogP contribution in [0, 0.1) is 5.92 Å². The normalized spacial score (nSPS) is 33.2. The molecule has 2 bridgehead atoms. The number of aliphatic carboxylic acids is 1. The molecule has 2 N–H and O–H groups in total. The van der Waals surface area contributed by atoms with E-state index in [1.54, 1.807) is 0 Å². The molecule has 21 heavy (non-hydrogen) atoms. The highest BCUT2D eigenvalue weighted by atomic mass is 16.4. The van der Waals surface area contributed by atoms with Gasteiger partial charge in [0.1, 0.15) is 0 Å². The lowest BCUT2D eigenvalue weighted by Gasteiger charge is -2.25. The molecule has 5 heteroatoms. The van der Waals surface area contributed by atoms with E-state index in [1.807, 2.05) is 0 Å². The maximum absolute atomic E-state index is 12.1. The molecule has 0 aromatic rings. The highest BCUT2D eigenvalue weighted by molar-refractivity contribution is 5.76. The Kier molecular flexibility index (Phi) is 4.48. The van der Waals surface area contributed by atoms with Crippen molar-refractivity contribution in [2.75, 3.05) is 6.54 Å². The Morgan fingerprint density at radius 2 is 1.86 bits per heavy atom. The third kappa shape index (κ3) is 3.23. The topological polar surface area (TPSA) is 69.6 Å². The van der Waals surface area contributed by atoms with Gasteiger partial charge in [0.2, 0.25) is 5.91 Å². The zero-order valence-corrected chi connectivity index (χ0v) is 12.6. The summed E-state index contributed by atoms with van der Waals surface area (Å²) in [5.41, 5.74) is 0. The zero-order chi connectivity index (χ0) is 14.8. The molecule has 0 aromatic carbocycles. The van der Waals surface area contributed by atoms with E-state index in [0.29, 0.717) is 18.5 Å². The molecular weight excluding hydrogens is 268 g/mol. The number of fused-ring (bicyclic) bond motifs is 2. The summed E-state index contributed by atoms with van der Waals surface area (Å²) in [6.45, 7) is 0.720. The molecule has 0 aromatic heterocycles. The third-order valence-corrected chi connectivity index (χ3v) is 5.57. The Labute approximate surface area is 126 Å². The second-order valence-electron chi connectivity index (χ2n) is 6.87. The molecule has 2 heterocycles. The van der Waals surface area contributed by atoms with Crippen molar-refractivity contribution in [1.82, 2.24) is 10.2 Å². The van der Waals surface area contributed by atoms with E-state index in [-0.39, 0.29) is 17.9 Å². The average Bonchev–Trinajstić information content (AvgIpc) is 3.03. The largest absolute Gasteiger partial charge is 0.481 e. The lowest BCUT2D eigenvalue weighted by Crippen LogP contribution is -2.39. The van der Waals surface area contributed by atoms with Crippen molar-refractivity contribution in [1.29, 1.82) is 0 Å². The van der Waals surface area contributed by atoms with Crippen molar-refractivity contribution in [3.8, 4) is 0 Å². The van der Waals surface area contributed by atoms with Gasteiger partial charge in [-0.2, -0.15) is 0 Å². The molecule has 2 saturated heterocycles. The number of amides is 1. The van der Waals surface area contributed by atoms with Gasteiger partial charge in [-0.15, -0.1) is 0 Å². The maximum atomic E-state index is 12.1. The van der Waals surface area contributed by atoms with Crippen LogP contribution in [0.15, 0.2) is 0 Å². The first-order valence-electron chi connectivity index (χ1n) is 8.43. The molecule has 0 radical (unpaired) electrons. The Balaban J connectivity index is 1.45. The second kappa shape index (κ2) is 6.34. The van der Waals surface area contributed by atoms with Gasteiger partial charge >= 0.3 is 5.97 Å². The predicted molar refractivity (Wildman–Crippen MR) is 78.9 cm³/mol. The molecule has 5 nitrogen and oxygen atoms in total. The standard InChI is InChI=1S/C16H26N2O3/c19-15(17-11-4-2-1-3-5-11)8-9-18-12-6-7-14(18)13(10-12)16(20)21/h11-14H,1-10H2,(H,17,19)(H,20,21). The molecule has 1 aliphatic carbocycles. The van der Waals surface area contributed by atoms with E-state index in [0.717, 1.165) is 38.6 Å². The lowest BCUT2D eigenvalue weighted by atomic mass is 9.89. The number of carboxylic acids is 1. The highest BCUT2D eigenvalue weighted by Gasteiger charge is 2.48. The number of rotatable bonds is 5. The second-order valence-corrected chi connectivity index (χ2v) is 6.87. The minimum absolute atomic E-state index is 0.139. The van der Waals surface area contributed by atoms with Gasteiger partial charge in [-0.1, -0.05) is 19.3 Å². The van der Waals surface area contributed by atoms with Crippen LogP contribution in [0.25, 0.3) is 0 Å². The number of carbonyl (C=O) groups excluding carboxylic acids is 1. The van der Waals surface area contributed by atoms with Crippen LogP contribution in [0.3, 0.4) is 0 Å². The molecule has 3 fully saturated rings. The molecule has 3 atom stereocenters. The summed E-state index contributed by atoms with van der Waals surface area (Å²) in [7, 11) is 0. The third-order valence-electron chi connectivity index (χ3n) is 5.57. The lowest BCUT2D eigenvalue weighted by molar-refractivity contribution is -0.142. The molecule has 1 amide bonds. The van der Waals surface area contributed by atoms with E-state index in [2.05, 4.69) is 10.2 Å². The number of nitrogens with zero attached hydrogens (tertiary/aromatic N) is 1. The number of carbonyl (C=O) groups is 2. The average molecular weight is 294 g/mol. The van der Waals surface area contributed by atoms with Gasteiger partial charge < -0.3 is 10.4 Å². The molecule has 3 rings (SSSR count). The van der Waals surface area contributed by atoms with Crippen molar-refractivity contribution >= 4 is 11.9 Å². The van der Waals surface area contributed by atoms with E-state index < -0.39 is 5.97 Å². The van der Waals surface area contributed by atoms with Crippen LogP contribution in [-0.4, -0.2) is 46.6 Å². The Bertz CT molecular complexity index is 406. The van der Waals surface area contributed by atoms with Gasteiger partial charge in [-0.05, 0) is 32.1 Å². The van der Waals surface area contributed by atoms with Crippen LogP contribution in [0.1, 0.15) is 57.8 Å². The van der Waals surface area contributed by atoms with E-state index in [1.165, 1.54) is 19.3 Å². The summed E-state index contributed by atoms with van der Waals surface area (Å²) in [4.78, 5) is 25.6. The van der Waals surface area contributed by atoms with E-state index in [4.69, 9.17) is 0 Å². The van der Waals surface area contributed by atoms with Crippen molar-refractivity contribution in [3.63, 3.8) is 0 Å². The quantitative estimate of drug-likeness (QED) is 0.810. The smallest absolute Gasteiger partial charge is 0.308 e. The predicted octanol–water partition coefficient (Wildman–Crippen LogP) is 1.76. The van der Waals surface area contributed by atoms with Crippen molar-refractivity contribution in [2.24, 2.45) is 5.92 Å². The van der Waals surface area contributed by atoms with Crippen LogP contribution in [-0.2, 0) is 9.59 Å². The minimum Gasteiger partial charge on any atom is -0.481 e. The Morgan fingerprint density at radius 3 is 2.52 bits per heavy atom. The van der Waals surface area contributed by atoms with Crippen LogP contribution in [0.2, 0.25) is 0 Å². The van der Waals surface area contributed by atoms with Crippen LogP contribution < -0.4 is 5.32 Å². The summed E-state index contributed by atoms with van der Waals surface area (Å²) in [6.07, 6.45) is 9.32. The van der Waals surface area contributed by atoms with Crippen molar-refractivity contribution in [3.05, 3.63) is 0 Å². The van der Waals surface area contributed by atoms with Gasteiger partial charge in [0.05, 0.1) is 5.92 Å². The first-order chi connectivity index (χ1) is 10.1. The molecule has 1 saturated carbocycles. The maximum Gasteiger partial charge on any atom is 0.308 e. The van der Waals surface area contributed by atoms with Gasteiger partial charge in [0.25, 0.3) is 0 Å². The van der Waals surface area contributed by atoms with Crippen molar-refractivity contribution in [2.45, 2.75) is 75.9 Å². The van der Waals surface area contributed by atoms with Gasteiger partial charge in [-0.25, -0.2) is 0 Å². The summed E-state index contributed by atoms with van der Waals surface area (Å²) >= 11 is 0. The van der Waals surface area contributed by atoms with E-state index >= 15 is 0 Å². The van der Waals surface area contributed by atoms with Crippen molar-refractivity contribution < 1.29 is 14.7 Å². The molecule has 0 spiro atoms. The molecule has 3 aliphatic rings. The molecule has 118 valence electrons. The summed E-state index contributed by atoms with van der Waals surface area (Å²) in [6, 6.07) is 0.918. The minimum atomic E-state index is -0.668. The Hall–Kier alpha value is -1.10. The first-order valence-corrected chi connectivity index (χ1v) is 8.43. The van der Waals surface area contributed by atoms with Crippen LogP contribution in [0.5, 0.6) is 0 Å². The fourth-order valence-corrected chi connectivity index (χ4v) is 4.49. The van der Waals surface area contributed by atoms with Gasteiger partial charge in [0.15, 0.2) is 0 Å². The summed E-state index contributed by atoms with van der Waals surface area (Å²) in [5, 5.41) is 12.4. The van der Waals surface area contributed by atoms with E-state index in [9.17, 15) is 14.7 Å². The molecule has 3 unspecified atom stereocenters. The highest BCUT2D eigenvalue weighted by Crippen LogP contribution is 2.41. The SMILES string of the molecule is O=C(CCN1C2CCC1C(C(=O)O)C2)NC1CCCCC1. The van der Waals surface area contributed by atoms with Gasteiger partial charge in [0, 0.05) is 31.1 Å². The van der Waals surface area contributed by atoms with Gasteiger partial charge in [-0.3, -0.25) is 14.5 Å². The summed E-state index contributed by atoms with van der Waals surface area (Å²) in [5.74, 6) is -0.746. The van der Waals surface area contributed by atoms with Crippen LogP contribution >= 0.6 is 0 Å². The van der Waals surface area contributed by atoms with Crippen LogP contribution in [0.4, 0.5) is 0 Å². The monoisotopic (exact) mass is 294 g/mol. The number of hydrogen-bond acceptors (Lipinski definition) is 3. The zero-order valence-electron chi connectivity index (χ0n) is 12.6. The number of carboxylic acid groups (broad SMARTS) is 1. The fourth-order valence-electron chi connectivity index (χ4n) is 4.49. The Morgan fingerprint density at radius 1 is 1.10 bits per heavy atom. The summed E-state index contributed by atoms with van der Waals surface area (Å²) < 4.78 is 0. The fraction of sp³-hybridized carbons (Fsp3) is 0.875.